The van der Waals surface area contributed by atoms with E-state index in [0.29, 0.717) is 17.9 Å². The van der Waals surface area contributed by atoms with Crippen molar-refractivity contribution in [2.24, 2.45) is 0 Å². The number of rotatable bonds is 4. The molecule has 5 nitrogen and oxygen atoms in total. The average molecular weight is 253 g/mol. The van der Waals surface area contributed by atoms with Gasteiger partial charge in [0.2, 0.25) is 0 Å². The van der Waals surface area contributed by atoms with Crippen LogP contribution in [0.15, 0.2) is 42.6 Å². The van der Waals surface area contributed by atoms with Crippen LogP contribution in [-0.2, 0) is 6.54 Å². The van der Waals surface area contributed by atoms with Crippen LogP contribution in [0.1, 0.15) is 21.6 Å². The quantitative estimate of drug-likeness (QED) is 0.872. The van der Waals surface area contributed by atoms with Gasteiger partial charge in [0.1, 0.15) is 6.07 Å². The largest absolute Gasteiger partial charge is 0.478 e. The topological polar surface area (TPSA) is 86.0 Å². The van der Waals surface area contributed by atoms with E-state index in [1.54, 1.807) is 30.5 Å². The Hall–Kier alpha value is -2.87. The summed E-state index contributed by atoms with van der Waals surface area (Å²) in [7, 11) is 0. The highest BCUT2D eigenvalue weighted by Gasteiger charge is 2.04. The van der Waals surface area contributed by atoms with E-state index in [4.69, 9.17) is 10.4 Å². The van der Waals surface area contributed by atoms with Crippen molar-refractivity contribution in [1.29, 1.82) is 5.26 Å². The molecule has 2 N–H and O–H groups in total. The fourth-order valence-electron chi connectivity index (χ4n) is 1.65. The van der Waals surface area contributed by atoms with E-state index in [1.165, 1.54) is 6.07 Å². The van der Waals surface area contributed by atoms with Gasteiger partial charge in [-0.25, -0.2) is 9.78 Å². The number of carbonyl (C=O) groups is 1. The summed E-state index contributed by atoms with van der Waals surface area (Å²) in [6, 6.07) is 12.1. The Morgan fingerprint density at radius 2 is 2.21 bits per heavy atom. The van der Waals surface area contributed by atoms with Gasteiger partial charge in [-0.05, 0) is 29.8 Å². The SMILES string of the molecule is N#Cc1ncccc1NCc1cccc(C(=O)O)c1. The van der Waals surface area contributed by atoms with Crippen LogP contribution in [0.2, 0.25) is 0 Å². The third-order valence-electron chi connectivity index (χ3n) is 2.57. The number of carboxylic acids is 1. The first-order valence-electron chi connectivity index (χ1n) is 5.62. The maximum atomic E-state index is 10.9. The molecule has 0 aliphatic rings. The van der Waals surface area contributed by atoms with Crippen molar-refractivity contribution in [1.82, 2.24) is 4.98 Å². The van der Waals surface area contributed by atoms with E-state index in [2.05, 4.69) is 10.3 Å². The monoisotopic (exact) mass is 253 g/mol. The van der Waals surface area contributed by atoms with Crippen molar-refractivity contribution in [3.63, 3.8) is 0 Å². The molecule has 0 atom stereocenters. The van der Waals surface area contributed by atoms with E-state index in [-0.39, 0.29) is 5.56 Å². The van der Waals surface area contributed by atoms with Gasteiger partial charge in [-0.15, -0.1) is 0 Å². The molecule has 1 aromatic carbocycles. The van der Waals surface area contributed by atoms with Crippen LogP contribution in [0.4, 0.5) is 5.69 Å². The summed E-state index contributed by atoms with van der Waals surface area (Å²) in [6.07, 6.45) is 1.55. The Bertz CT molecular complexity index is 647. The highest BCUT2D eigenvalue weighted by molar-refractivity contribution is 5.87. The van der Waals surface area contributed by atoms with Crippen LogP contribution >= 0.6 is 0 Å². The molecule has 5 heteroatoms. The number of hydrogen-bond donors (Lipinski definition) is 2. The molecule has 0 bridgehead atoms. The number of nitrogens with one attached hydrogen (secondary N) is 1. The number of carboxylic acid groups (broad SMARTS) is 1. The summed E-state index contributed by atoms with van der Waals surface area (Å²) in [5.74, 6) is -0.957. The number of aromatic nitrogens is 1. The van der Waals surface area contributed by atoms with Crippen LogP contribution in [0.25, 0.3) is 0 Å². The van der Waals surface area contributed by atoms with E-state index in [0.717, 1.165) is 5.56 Å². The molecule has 0 saturated carbocycles. The van der Waals surface area contributed by atoms with Crippen molar-refractivity contribution in [3.8, 4) is 6.07 Å². The summed E-state index contributed by atoms with van der Waals surface area (Å²) in [5.41, 5.74) is 2.02. The lowest BCUT2D eigenvalue weighted by Crippen LogP contribution is -2.04. The lowest BCUT2D eigenvalue weighted by Gasteiger charge is -2.07. The third kappa shape index (κ3) is 3.07. The Balaban J connectivity index is 2.13. The highest BCUT2D eigenvalue weighted by Crippen LogP contribution is 2.13. The molecule has 0 aliphatic carbocycles. The van der Waals surface area contributed by atoms with Gasteiger partial charge in [-0.3, -0.25) is 0 Å². The molecule has 2 rings (SSSR count). The van der Waals surface area contributed by atoms with Gasteiger partial charge in [0.05, 0.1) is 11.3 Å². The molecular formula is C14H11N3O2. The predicted molar refractivity (Wildman–Crippen MR) is 69.7 cm³/mol. The van der Waals surface area contributed by atoms with E-state index in [9.17, 15) is 4.79 Å². The number of nitriles is 1. The Labute approximate surface area is 110 Å². The van der Waals surface area contributed by atoms with Gasteiger partial charge in [0.25, 0.3) is 0 Å². The number of pyridine rings is 1. The van der Waals surface area contributed by atoms with Gasteiger partial charge in [0, 0.05) is 12.7 Å². The maximum absolute atomic E-state index is 10.9. The van der Waals surface area contributed by atoms with Crippen LogP contribution in [0, 0.1) is 11.3 Å². The summed E-state index contributed by atoms with van der Waals surface area (Å²) < 4.78 is 0. The van der Waals surface area contributed by atoms with Gasteiger partial charge in [-0.2, -0.15) is 5.26 Å². The molecule has 0 amide bonds. The highest BCUT2D eigenvalue weighted by atomic mass is 16.4. The standard InChI is InChI=1S/C14H11N3O2/c15-8-13-12(5-2-6-16-13)17-9-10-3-1-4-11(7-10)14(18)19/h1-7,17H,9H2,(H,18,19). The second-order valence-corrected chi connectivity index (χ2v) is 3.87. The molecule has 0 spiro atoms. The van der Waals surface area contributed by atoms with E-state index >= 15 is 0 Å². The summed E-state index contributed by atoms with van der Waals surface area (Å²) in [6.45, 7) is 0.432. The number of nitrogens with zero attached hydrogens (tertiary/aromatic N) is 2. The van der Waals surface area contributed by atoms with Crippen LogP contribution in [0.3, 0.4) is 0 Å². The average Bonchev–Trinajstić information content (AvgIpc) is 2.45. The first-order valence-corrected chi connectivity index (χ1v) is 5.62. The van der Waals surface area contributed by atoms with Gasteiger partial charge in [0.15, 0.2) is 5.69 Å². The summed E-state index contributed by atoms with van der Waals surface area (Å²) >= 11 is 0. The van der Waals surface area contributed by atoms with Crippen molar-refractivity contribution < 1.29 is 9.90 Å². The third-order valence-corrected chi connectivity index (χ3v) is 2.57. The molecule has 94 valence electrons. The first kappa shape index (κ1) is 12.6. The minimum atomic E-state index is -0.957. The van der Waals surface area contributed by atoms with Gasteiger partial charge in [-0.1, -0.05) is 12.1 Å². The smallest absolute Gasteiger partial charge is 0.335 e. The molecule has 1 aromatic heterocycles. The maximum Gasteiger partial charge on any atom is 0.335 e. The Morgan fingerprint density at radius 1 is 1.37 bits per heavy atom. The molecule has 0 radical (unpaired) electrons. The number of hydrogen-bond acceptors (Lipinski definition) is 4. The fraction of sp³-hybridized carbons (Fsp3) is 0.0714. The minimum Gasteiger partial charge on any atom is -0.478 e. The lowest BCUT2D eigenvalue weighted by atomic mass is 10.1. The van der Waals surface area contributed by atoms with Crippen LogP contribution < -0.4 is 5.32 Å². The lowest BCUT2D eigenvalue weighted by molar-refractivity contribution is 0.0697. The zero-order valence-electron chi connectivity index (χ0n) is 10.00. The molecule has 0 saturated heterocycles. The van der Waals surface area contributed by atoms with Crippen molar-refractivity contribution >= 4 is 11.7 Å². The van der Waals surface area contributed by atoms with Crippen molar-refractivity contribution in [2.45, 2.75) is 6.54 Å². The van der Waals surface area contributed by atoms with Gasteiger partial charge >= 0.3 is 5.97 Å². The zero-order valence-corrected chi connectivity index (χ0v) is 10.00. The molecular weight excluding hydrogens is 242 g/mol. The van der Waals surface area contributed by atoms with Crippen LogP contribution in [-0.4, -0.2) is 16.1 Å². The molecule has 1 heterocycles. The molecule has 0 unspecified atom stereocenters. The molecule has 0 fully saturated rings. The summed E-state index contributed by atoms with van der Waals surface area (Å²) in [4.78, 5) is 14.8. The number of anilines is 1. The number of benzene rings is 1. The molecule has 0 aliphatic heterocycles. The second-order valence-electron chi connectivity index (χ2n) is 3.87. The Kier molecular flexibility index (Phi) is 3.74. The van der Waals surface area contributed by atoms with Crippen LogP contribution in [0.5, 0.6) is 0 Å². The summed E-state index contributed by atoms with van der Waals surface area (Å²) in [5, 5.41) is 20.9. The molecule has 19 heavy (non-hydrogen) atoms. The van der Waals surface area contributed by atoms with Gasteiger partial charge < -0.3 is 10.4 Å². The normalized spacial score (nSPS) is 9.63. The first-order chi connectivity index (χ1) is 9.20. The van der Waals surface area contributed by atoms with Crippen molar-refractivity contribution in [3.05, 3.63) is 59.4 Å². The molecule has 2 aromatic rings. The predicted octanol–water partition coefficient (Wildman–Crippen LogP) is 2.26. The minimum absolute atomic E-state index is 0.242. The van der Waals surface area contributed by atoms with E-state index in [1.807, 2.05) is 12.1 Å². The van der Waals surface area contributed by atoms with E-state index < -0.39 is 5.97 Å². The fourth-order valence-corrected chi connectivity index (χ4v) is 1.65. The zero-order chi connectivity index (χ0) is 13.7. The Morgan fingerprint density at radius 3 is 2.95 bits per heavy atom. The number of aromatic carboxylic acids is 1. The second kappa shape index (κ2) is 5.65. The van der Waals surface area contributed by atoms with Crippen molar-refractivity contribution in [2.75, 3.05) is 5.32 Å².